The van der Waals surface area contributed by atoms with Gasteiger partial charge in [0.15, 0.2) is 0 Å². The average molecular weight is 319 g/mol. The van der Waals surface area contributed by atoms with E-state index >= 15 is 0 Å². The van der Waals surface area contributed by atoms with E-state index in [1.165, 1.54) is 31.4 Å². The Morgan fingerprint density at radius 3 is 2.27 bits per heavy atom. The highest BCUT2D eigenvalue weighted by Crippen LogP contribution is 2.20. The molecule has 2 rings (SSSR count). The molecule has 0 fully saturated rings. The molecule has 0 aliphatic rings. The van der Waals surface area contributed by atoms with E-state index < -0.39 is 16.0 Å². The summed E-state index contributed by atoms with van der Waals surface area (Å²) >= 11 is 0. The highest BCUT2D eigenvalue weighted by Gasteiger charge is 2.17. The van der Waals surface area contributed by atoms with E-state index in [4.69, 9.17) is 0 Å². The first-order valence-corrected chi connectivity index (χ1v) is 8.09. The monoisotopic (exact) mass is 319 g/mol. The van der Waals surface area contributed by atoms with Crippen LogP contribution in [0.5, 0.6) is 0 Å². The van der Waals surface area contributed by atoms with Crippen LogP contribution < -0.4 is 4.72 Å². The number of aryl methyl sites for hydroxylation is 2. The van der Waals surface area contributed by atoms with Crippen molar-refractivity contribution in [2.45, 2.75) is 18.7 Å². The third-order valence-corrected chi connectivity index (χ3v) is 4.42. The summed E-state index contributed by atoms with van der Waals surface area (Å²) in [5.74, 6) is -0.580. The molecule has 0 saturated carbocycles. The summed E-state index contributed by atoms with van der Waals surface area (Å²) in [6, 6.07) is 11.2. The minimum absolute atomic E-state index is 0.00885. The van der Waals surface area contributed by atoms with Gasteiger partial charge in [-0.05, 0) is 55.3 Å². The number of hydrogen-bond acceptors (Lipinski definition) is 4. The molecule has 0 bridgehead atoms. The van der Waals surface area contributed by atoms with Crippen molar-refractivity contribution in [3.63, 3.8) is 0 Å². The second kappa shape index (κ2) is 6.19. The standard InChI is InChI=1S/C16H17NO4S/c1-11-7-12(2)9-14(8-11)17-22(19,20)15-6-4-5-13(10-15)16(18)21-3/h4-10,17H,1-3H3. The lowest BCUT2D eigenvalue weighted by Crippen LogP contribution is -2.14. The van der Waals surface area contributed by atoms with Gasteiger partial charge in [0, 0.05) is 5.69 Å². The molecule has 0 amide bonds. The predicted molar refractivity (Wildman–Crippen MR) is 84.5 cm³/mol. The fourth-order valence-corrected chi connectivity index (χ4v) is 3.24. The van der Waals surface area contributed by atoms with E-state index in [0.717, 1.165) is 11.1 Å². The number of nitrogens with one attached hydrogen (secondary N) is 1. The van der Waals surface area contributed by atoms with Crippen LogP contribution in [-0.4, -0.2) is 21.5 Å². The molecule has 2 aromatic rings. The number of esters is 1. The average Bonchev–Trinajstić information content (AvgIpc) is 2.45. The molecule has 0 heterocycles. The maximum Gasteiger partial charge on any atom is 0.337 e. The Hall–Kier alpha value is -2.34. The highest BCUT2D eigenvalue weighted by molar-refractivity contribution is 7.92. The van der Waals surface area contributed by atoms with Gasteiger partial charge in [-0.3, -0.25) is 4.72 Å². The molecule has 0 aliphatic heterocycles. The molecule has 0 aliphatic carbocycles. The minimum Gasteiger partial charge on any atom is -0.465 e. The minimum atomic E-state index is -3.77. The molecule has 0 radical (unpaired) electrons. The van der Waals surface area contributed by atoms with Crippen molar-refractivity contribution < 1.29 is 17.9 Å². The van der Waals surface area contributed by atoms with E-state index in [-0.39, 0.29) is 10.5 Å². The zero-order valence-electron chi connectivity index (χ0n) is 12.6. The van der Waals surface area contributed by atoms with Crippen molar-refractivity contribution >= 4 is 21.7 Å². The number of carbonyl (C=O) groups is 1. The molecule has 22 heavy (non-hydrogen) atoms. The summed E-state index contributed by atoms with van der Waals surface area (Å²) in [6.07, 6.45) is 0. The SMILES string of the molecule is COC(=O)c1cccc(S(=O)(=O)Nc2cc(C)cc(C)c2)c1. The Labute approximate surface area is 130 Å². The largest absolute Gasteiger partial charge is 0.465 e. The van der Waals surface area contributed by atoms with E-state index in [0.29, 0.717) is 5.69 Å². The van der Waals surface area contributed by atoms with E-state index in [1.54, 1.807) is 12.1 Å². The topological polar surface area (TPSA) is 72.5 Å². The summed E-state index contributed by atoms with van der Waals surface area (Å²) in [5.41, 5.74) is 2.59. The van der Waals surface area contributed by atoms with E-state index in [1.807, 2.05) is 19.9 Å². The predicted octanol–water partition coefficient (Wildman–Crippen LogP) is 2.89. The number of hydrogen-bond donors (Lipinski definition) is 1. The summed E-state index contributed by atoms with van der Waals surface area (Å²) in [4.78, 5) is 11.5. The maximum atomic E-state index is 12.4. The molecule has 0 aromatic heterocycles. The van der Waals surface area contributed by atoms with Gasteiger partial charge >= 0.3 is 5.97 Å². The third-order valence-electron chi connectivity index (χ3n) is 3.04. The number of carbonyl (C=O) groups excluding carboxylic acids is 1. The van der Waals surface area contributed by atoms with E-state index in [9.17, 15) is 13.2 Å². The van der Waals surface area contributed by atoms with Gasteiger partial charge in [0.1, 0.15) is 0 Å². The summed E-state index contributed by atoms with van der Waals surface area (Å²) in [7, 11) is -2.52. The molecule has 1 N–H and O–H groups in total. The van der Waals surface area contributed by atoms with Gasteiger partial charge in [-0.1, -0.05) is 12.1 Å². The van der Waals surface area contributed by atoms with Crippen LogP contribution in [0.4, 0.5) is 5.69 Å². The van der Waals surface area contributed by atoms with Gasteiger partial charge < -0.3 is 4.74 Å². The van der Waals surface area contributed by atoms with Crippen LogP contribution in [0.1, 0.15) is 21.5 Å². The van der Waals surface area contributed by atoms with Crippen LogP contribution in [0.3, 0.4) is 0 Å². The van der Waals surface area contributed by atoms with Crippen molar-refractivity contribution in [1.29, 1.82) is 0 Å². The number of sulfonamides is 1. The lowest BCUT2D eigenvalue weighted by atomic mass is 10.1. The molecule has 0 saturated heterocycles. The number of rotatable bonds is 4. The van der Waals surface area contributed by atoms with Gasteiger partial charge in [-0.25, -0.2) is 13.2 Å². The smallest absolute Gasteiger partial charge is 0.337 e. The Balaban J connectivity index is 2.36. The second-order valence-electron chi connectivity index (χ2n) is 5.00. The summed E-state index contributed by atoms with van der Waals surface area (Å²) < 4.78 is 32.0. The van der Waals surface area contributed by atoms with Crippen molar-refractivity contribution in [3.05, 3.63) is 59.2 Å². The molecule has 2 aromatic carbocycles. The van der Waals surface area contributed by atoms with Crippen LogP contribution in [0.2, 0.25) is 0 Å². The zero-order chi connectivity index (χ0) is 16.3. The fourth-order valence-electron chi connectivity index (χ4n) is 2.16. The number of benzene rings is 2. The van der Waals surface area contributed by atoms with Crippen LogP contribution in [0.15, 0.2) is 47.4 Å². The molecule has 116 valence electrons. The summed E-state index contributed by atoms with van der Waals surface area (Å²) in [5, 5.41) is 0. The van der Waals surface area contributed by atoms with Crippen LogP contribution in [-0.2, 0) is 14.8 Å². The first kappa shape index (κ1) is 16.0. The first-order chi connectivity index (χ1) is 10.3. The van der Waals surface area contributed by atoms with Crippen LogP contribution >= 0.6 is 0 Å². The first-order valence-electron chi connectivity index (χ1n) is 6.61. The Kier molecular flexibility index (Phi) is 4.51. The molecule has 0 unspecified atom stereocenters. The number of methoxy groups -OCH3 is 1. The number of ether oxygens (including phenoxy) is 1. The Bertz CT molecular complexity index is 792. The van der Waals surface area contributed by atoms with Crippen molar-refractivity contribution in [1.82, 2.24) is 0 Å². The molecule has 0 spiro atoms. The van der Waals surface area contributed by atoms with Crippen LogP contribution in [0, 0.1) is 13.8 Å². The molecular formula is C16H17NO4S. The molecule has 6 heteroatoms. The fraction of sp³-hybridized carbons (Fsp3) is 0.188. The maximum absolute atomic E-state index is 12.4. The lowest BCUT2D eigenvalue weighted by Gasteiger charge is -2.10. The van der Waals surface area contributed by atoms with Crippen LogP contribution in [0.25, 0.3) is 0 Å². The van der Waals surface area contributed by atoms with E-state index in [2.05, 4.69) is 9.46 Å². The zero-order valence-corrected chi connectivity index (χ0v) is 13.4. The normalized spacial score (nSPS) is 11.0. The van der Waals surface area contributed by atoms with Gasteiger partial charge in [0.2, 0.25) is 0 Å². The highest BCUT2D eigenvalue weighted by atomic mass is 32.2. The Morgan fingerprint density at radius 2 is 1.68 bits per heavy atom. The molecule has 5 nitrogen and oxygen atoms in total. The quantitative estimate of drug-likeness (QED) is 0.880. The van der Waals surface area contributed by atoms with Gasteiger partial charge in [0.05, 0.1) is 17.6 Å². The van der Waals surface area contributed by atoms with Crippen molar-refractivity contribution in [2.75, 3.05) is 11.8 Å². The summed E-state index contributed by atoms with van der Waals surface area (Å²) in [6.45, 7) is 3.78. The molecule has 0 atom stereocenters. The van der Waals surface area contributed by atoms with Gasteiger partial charge in [-0.2, -0.15) is 0 Å². The molecular weight excluding hydrogens is 302 g/mol. The second-order valence-corrected chi connectivity index (χ2v) is 6.68. The van der Waals surface area contributed by atoms with Gasteiger partial charge in [0.25, 0.3) is 10.0 Å². The van der Waals surface area contributed by atoms with Crippen molar-refractivity contribution in [3.8, 4) is 0 Å². The van der Waals surface area contributed by atoms with Crippen molar-refractivity contribution in [2.24, 2.45) is 0 Å². The third kappa shape index (κ3) is 3.65. The number of anilines is 1. The Morgan fingerprint density at radius 1 is 1.05 bits per heavy atom. The lowest BCUT2D eigenvalue weighted by molar-refractivity contribution is 0.0600. The van der Waals surface area contributed by atoms with Gasteiger partial charge in [-0.15, -0.1) is 0 Å².